The lowest BCUT2D eigenvalue weighted by molar-refractivity contribution is -0.170. The number of rotatable bonds is 9. The summed E-state index contributed by atoms with van der Waals surface area (Å²) in [5.74, 6) is 1.49. The molecule has 1 aliphatic heterocycles. The molecule has 4 rings (SSSR count). The van der Waals surface area contributed by atoms with Gasteiger partial charge in [0.15, 0.2) is 0 Å². The van der Waals surface area contributed by atoms with Crippen LogP contribution in [0.2, 0.25) is 0 Å². The molecule has 0 amide bonds. The van der Waals surface area contributed by atoms with Gasteiger partial charge in [-0.05, 0) is 62.1 Å². The summed E-state index contributed by atoms with van der Waals surface area (Å²) < 4.78 is 29.2. The van der Waals surface area contributed by atoms with Crippen LogP contribution in [0.25, 0.3) is 0 Å². The molecule has 1 saturated heterocycles. The van der Waals surface area contributed by atoms with Gasteiger partial charge >= 0.3 is 0 Å². The lowest BCUT2D eigenvalue weighted by atomic mass is 9.73. The van der Waals surface area contributed by atoms with Crippen LogP contribution in [0.3, 0.4) is 0 Å². The van der Waals surface area contributed by atoms with E-state index < -0.39 is 11.7 Å². The second-order valence-corrected chi connectivity index (χ2v) is 8.94. The minimum atomic E-state index is -0.480. The quantitative estimate of drug-likeness (QED) is 0.589. The zero-order valence-electron chi connectivity index (χ0n) is 19.3. The van der Waals surface area contributed by atoms with Crippen LogP contribution in [-0.4, -0.2) is 49.3 Å². The Morgan fingerprint density at radius 3 is 1.84 bits per heavy atom. The molecule has 0 spiro atoms. The molecular weight excluding hydrogens is 408 g/mol. The van der Waals surface area contributed by atoms with Gasteiger partial charge in [0.05, 0.1) is 57.5 Å². The molecule has 2 aromatic carbocycles. The van der Waals surface area contributed by atoms with E-state index in [9.17, 15) is 5.11 Å². The number of hydrogen-bond acceptors (Lipinski definition) is 6. The van der Waals surface area contributed by atoms with Crippen LogP contribution in [0, 0.1) is 5.92 Å². The SMILES string of the molecule is COc1ccc(CO[C@H]2[C@H]([C@@]3(C)O[C@@H]3C)[C@H](O)CC[C@@H]2OCc2ccc(OC)cc2)cc1. The van der Waals surface area contributed by atoms with Crippen molar-refractivity contribution in [3.05, 3.63) is 59.7 Å². The maximum Gasteiger partial charge on any atom is 0.118 e. The Kier molecular flexibility index (Phi) is 7.05. The van der Waals surface area contributed by atoms with Gasteiger partial charge in [-0.25, -0.2) is 0 Å². The van der Waals surface area contributed by atoms with E-state index >= 15 is 0 Å². The molecule has 32 heavy (non-hydrogen) atoms. The van der Waals surface area contributed by atoms with Gasteiger partial charge in [-0.1, -0.05) is 24.3 Å². The van der Waals surface area contributed by atoms with E-state index in [0.29, 0.717) is 19.6 Å². The number of hydrogen-bond donors (Lipinski definition) is 1. The van der Waals surface area contributed by atoms with E-state index in [2.05, 4.69) is 13.8 Å². The van der Waals surface area contributed by atoms with Gasteiger partial charge in [0.2, 0.25) is 0 Å². The van der Waals surface area contributed by atoms with Crippen LogP contribution in [0.4, 0.5) is 0 Å². The highest BCUT2D eigenvalue weighted by molar-refractivity contribution is 5.27. The van der Waals surface area contributed by atoms with Crippen molar-refractivity contribution in [3.8, 4) is 11.5 Å². The maximum absolute atomic E-state index is 10.9. The van der Waals surface area contributed by atoms with Crippen molar-refractivity contribution >= 4 is 0 Å². The lowest BCUT2D eigenvalue weighted by Crippen LogP contribution is -2.53. The van der Waals surface area contributed by atoms with Crippen molar-refractivity contribution in [2.24, 2.45) is 5.92 Å². The minimum Gasteiger partial charge on any atom is -0.497 e. The zero-order chi connectivity index (χ0) is 22.7. The standard InChI is InChI=1S/C26H34O6/c1-17-26(2,32-17)24-22(27)13-14-23(30-15-18-5-9-20(28-3)10-6-18)25(24)31-16-19-7-11-21(29-4)12-8-19/h5-12,17,22-25,27H,13-16H2,1-4H3/t17-,22-,23+,24-,25-,26+/m1/s1. The lowest BCUT2D eigenvalue weighted by Gasteiger charge is -2.42. The third-order valence-electron chi connectivity index (χ3n) is 6.95. The molecule has 6 nitrogen and oxygen atoms in total. The predicted molar refractivity (Wildman–Crippen MR) is 121 cm³/mol. The molecule has 1 saturated carbocycles. The van der Waals surface area contributed by atoms with E-state index in [4.69, 9.17) is 23.7 Å². The molecular formula is C26H34O6. The van der Waals surface area contributed by atoms with Gasteiger partial charge in [0.25, 0.3) is 0 Å². The second-order valence-electron chi connectivity index (χ2n) is 8.94. The van der Waals surface area contributed by atoms with E-state index in [1.807, 2.05) is 48.5 Å². The molecule has 0 radical (unpaired) electrons. The Bertz CT molecular complexity index is 867. The first-order valence-electron chi connectivity index (χ1n) is 11.3. The van der Waals surface area contributed by atoms with E-state index in [1.165, 1.54) is 0 Å². The Morgan fingerprint density at radius 2 is 1.38 bits per heavy atom. The van der Waals surface area contributed by atoms with E-state index in [0.717, 1.165) is 29.0 Å². The van der Waals surface area contributed by atoms with Crippen LogP contribution in [-0.2, 0) is 27.4 Å². The van der Waals surface area contributed by atoms with Gasteiger partial charge in [0.1, 0.15) is 11.5 Å². The average molecular weight is 443 g/mol. The summed E-state index contributed by atoms with van der Waals surface area (Å²) in [5.41, 5.74) is 1.73. The number of methoxy groups -OCH3 is 2. The number of aliphatic hydroxyl groups is 1. The topological polar surface area (TPSA) is 69.7 Å². The predicted octanol–water partition coefficient (Wildman–Crippen LogP) is 4.12. The first kappa shape index (κ1) is 23.1. The van der Waals surface area contributed by atoms with Gasteiger partial charge in [-0.2, -0.15) is 0 Å². The van der Waals surface area contributed by atoms with Crippen LogP contribution in [0.15, 0.2) is 48.5 Å². The molecule has 1 N–H and O–H groups in total. The van der Waals surface area contributed by atoms with Crippen molar-refractivity contribution in [2.75, 3.05) is 14.2 Å². The summed E-state index contributed by atoms with van der Waals surface area (Å²) in [6.45, 7) is 5.04. The smallest absolute Gasteiger partial charge is 0.118 e. The van der Waals surface area contributed by atoms with Gasteiger partial charge in [-0.3, -0.25) is 0 Å². The fourth-order valence-corrected chi connectivity index (χ4v) is 4.76. The monoisotopic (exact) mass is 442 g/mol. The van der Waals surface area contributed by atoms with Crippen molar-refractivity contribution in [2.45, 2.75) is 69.9 Å². The first-order chi connectivity index (χ1) is 15.4. The number of benzene rings is 2. The summed E-state index contributed by atoms with van der Waals surface area (Å²) in [7, 11) is 3.31. The van der Waals surface area contributed by atoms with Crippen molar-refractivity contribution in [1.29, 1.82) is 0 Å². The van der Waals surface area contributed by atoms with E-state index in [1.54, 1.807) is 14.2 Å². The molecule has 6 heteroatoms. The average Bonchev–Trinajstić information content (AvgIpc) is 3.43. The Hall–Kier alpha value is -2.12. The molecule has 0 bridgehead atoms. The number of ether oxygens (including phenoxy) is 5. The summed E-state index contributed by atoms with van der Waals surface area (Å²) in [4.78, 5) is 0. The Morgan fingerprint density at radius 1 is 0.875 bits per heavy atom. The van der Waals surface area contributed by atoms with Crippen LogP contribution < -0.4 is 9.47 Å². The third-order valence-corrected chi connectivity index (χ3v) is 6.95. The van der Waals surface area contributed by atoms with Crippen molar-refractivity contribution < 1.29 is 28.8 Å². The Balaban J connectivity index is 1.48. The highest BCUT2D eigenvalue weighted by Crippen LogP contribution is 2.50. The minimum absolute atomic E-state index is 0.0922. The van der Waals surface area contributed by atoms with Gasteiger partial charge in [0, 0.05) is 5.92 Å². The van der Waals surface area contributed by atoms with Gasteiger partial charge in [-0.15, -0.1) is 0 Å². The highest BCUT2D eigenvalue weighted by atomic mass is 16.6. The molecule has 1 aliphatic carbocycles. The van der Waals surface area contributed by atoms with Crippen LogP contribution in [0.5, 0.6) is 11.5 Å². The highest BCUT2D eigenvalue weighted by Gasteiger charge is 2.61. The molecule has 174 valence electrons. The molecule has 2 fully saturated rings. The van der Waals surface area contributed by atoms with Crippen molar-refractivity contribution in [1.82, 2.24) is 0 Å². The fourth-order valence-electron chi connectivity index (χ4n) is 4.76. The zero-order valence-corrected chi connectivity index (χ0v) is 19.3. The summed E-state index contributed by atoms with van der Waals surface area (Å²) in [6, 6.07) is 15.7. The summed E-state index contributed by atoms with van der Waals surface area (Å²) in [6.07, 6.45) is 0.629. The van der Waals surface area contributed by atoms with Gasteiger partial charge < -0.3 is 28.8 Å². The first-order valence-corrected chi connectivity index (χ1v) is 11.3. The largest absolute Gasteiger partial charge is 0.497 e. The fraction of sp³-hybridized carbons (Fsp3) is 0.538. The molecule has 1 heterocycles. The molecule has 6 atom stereocenters. The molecule has 2 aliphatic rings. The third kappa shape index (κ3) is 4.94. The molecule has 0 unspecified atom stereocenters. The number of epoxide rings is 1. The number of aliphatic hydroxyl groups excluding tert-OH is 1. The van der Waals surface area contributed by atoms with Crippen molar-refractivity contribution in [3.63, 3.8) is 0 Å². The maximum atomic E-state index is 10.9. The second kappa shape index (κ2) is 9.79. The van der Waals surface area contributed by atoms with Crippen LogP contribution >= 0.6 is 0 Å². The normalized spacial score (nSPS) is 31.8. The van der Waals surface area contributed by atoms with Crippen LogP contribution in [0.1, 0.15) is 37.8 Å². The summed E-state index contributed by atoms with van der Waals surface area (Å²) >= 11 is 0. The Labute approximate surface area is 190 Å². The summed E-state index contributed by atoms with van der Waals surface area (Å²) in [5, 5.41) is 10.9. The molecule has 2 aromatic rings. The molecule has 0 aromatic heterocycles. The van der Waals surface area contributed by atoms with E-state index in [-0.39, 0.29) is 24.2 Å².